The quantitative estimate of drug-likeness (QED) is 0.309. The number of hydrogen-bond donors (Lipinski definition) is 0. The first-order valence-electron chi connectivity index (χ1n) is 4.96. The van der Waals surface area contributed by atoms with Gasteiger partial charge in [0, 0.05) is 17.2 Å². The van der Waals surface area contributed by atoms with Crippen molar-refractivity contribution in [2.24, 2.45) is 5.11 Å². The summed E-state index contributed by atoms with van der Waals surface area (Å²) in [5.74, 6) is 0. The lowest BCUT2D eigenvalue weighted by Gasteiger charge is -2.02. The van der Waals surface area contributed by atoms with Gasteiger partial charge >= 0.3 is 0 Å². The van der Waals surface area contributed by atoms with Gasteiger partial charge in [-0.25, -0.2) is 0 Å². The van der Waals surface area contributed by atoms with E-state index in [1.165, 1.54) is 12.1 Å². The first-order valence-corrected chi connectivity index (χ1v) is 6.10. The van der Waals surface area contributed by atoms with Crippen LogP contribution < -0.4 is 0 Å². The molecule has 0 bridgehead atoms. The fraction of sp³-hybridized carbons (Fsp3) is 0. The second kappa shape index (κ2) is 5.57. The summed E-state index contributed by atoms with van der Waals surface area (Å²) < 4.78 is 0. The number of nitrogens with zero attached hydrogens (tertiary/aromatic N) is 2. The molecule has 0 aliphatic carbocycles. The predicted molar refractivity (Wildman–Crippen MR) is 73.3 cm³/mol. The van der Waals surface area contributed by atoms with E-state index in [4.69, 9.17) is 34.8 Å². The fourth-order valence-corrected chi connectivity index (χ4v) is 1.88. The van der Waals surface area contributed by atoms with E-state index in [9.17, 15) is 5.21 Å². The highest BCUT2D eigenvalue weighted by Gasteiger charge is 2.09. The Morgan fingerprint density at radius 2 is 1.50 bits per heavy atom. The minimum Gasteiger partial charge on any atom is -0.594 e. The molecule has 0 fully saturated rings. The topological polar surface area (TPSA) is 38.4 Å². The molecule has 0 aliphatic rings. The first-order chi connectivity index (χ1) is 8.58. The highest BCUT2D eigenvalue weighted by atomic mass is 35.5. The van der Waals surface area contributed by atoms with Crippen LogP contribution in [0.2, 0.25) is 15.1 Å². The number of benzene rings is 2. The zero-order chi connectivity index (χ0) is 13.1. The average Bonchev–Trinajstić information content (AvgIpc) is 2.37. The lowest BCUT2D eigenvalue weighted by molar-refractivity contribution is -0.435. The maximum atomic E-state index is 11.8. The number of hydrogen-bond acceptors (Lipinski definition) is 2. The van der Waals surface area contributed by atoms with Crippen LogP contribution in [0.15, 0.2) is 47.6 Å². The highest BCUT2D eigenvalue weighted by molar-refractivity contribution is 6.43. The SMILES string of the molecule is [O-][N+](=Nc1cc(Cl)c(Cl)cc1Cl)c1ccccc1. The van der Waals surface area contributed by atoms with E-state index in [0.29, 0.717) is 20.6 Å². The maximum absolute atomic E-state index is 11.8. The zero-order valence-electron chi connectivity index (χ0n) is 8.98. The van der Waals surface area contributed by atoms with Crippen LogP contribution in [-0.2, 0) is 0 Å². The molecule has 2 aromatic carbocycles. The number of rotatable bonds is 2. The molecule has 0 spiro atoms. The van der Waals surface area contributed by atoms with Gasteiger partial charge in [0.2, 0.25) is 5.69 Å². The van der Waals surface area contributed by atoms with Crippen LogP contribution >= 0.6 is 34.8 Å². The maximum Gasteiger partial charge on any atom is 0.244 e. The molecule has 2 rings (SSSR count). The highest BCUT2D eigenvalue weighted by Crippen LogP contribution is 2.34. The molecule has 0 saturated carbocycles. The van der Waals surface area contributed by atoms with Gasteiger partial charge in [-0.15, -0.1) is 0 Å². The Morgan fingerprint density at radius 3 is 2.17 bits per heavy atom. The van der Waals surface area contributed by atoms with Crippen LogP contribution in [0.1, 0.15) is 0 Å². The number of halogens is 3. The van der Waals surface area contributed by atoms with Gasteiger partial charge < -0.3 is 5.21 Å². The van der Waals surface area contributed by atoms with E-state index >= 15 is 0 Å². The van der Waals surface area contributed by atoms with Crippen molar-refractivity contribution in [3.63, 3.8) is 0 Å². The molecule has 0 saturated heterocycles. The van der Waals surface area contributed by atoms with Crippen molar-refractivity contribution in [3.05, 3.63) is 62.7 Å². The number of para-hydroxylation sites is 1. The van der Waals surface area contributed by atoms with E-state index in [2.05, 4.69) is 5.11 Å². The van der Waals surface area contributed by atoms with E-state index in [1.807, 2.05) is 6.07 Å². The monoisotopic (exact) mass is 300 g/mol. The van der Waals surface area contributed by atoms with Gasteiger partial charge in [0.15, 0.2) is 5.69 Å². The van der Waals surface area contributed by atoms with Gasteiger partial charge in [0.05, 0.1) is 15.1 Å². The lowest BCUT2D eigenvalue weighted by Crippen LogP contribution is -1.89. The lowest BCUT2D eigenvalue weighted by atomic mass is 10.3. The molecular formula is C12H7Cl3N2O. The third-order valence-electron chi connectivity index (χ3n) is 2.17. The molecule has 0 N–H and O–H groups in total. The van der Waals surface area contributed by atoms with Crippen molar-refractivity contribution >= 4 is 46.2 Å². The van der Waals surface area contributed by atoms with Gasteiger partial charge in [-0.1, -0.05) is 57.9 Å². The summed E-state index contributed by atoms with van der Waals surface area (Å²) in [4.78, 5) is 0.478. The molecule has 0 unspecified atom stereocenters. The van der Waals surface area contributed by atoms with Crippen molar-refractivity contribution in [2.75, 3.05) is 0 Å². The van der Waals surface area contributed by atoms with Gasteiger partial charge in [-0.05, 0) is 12.1 Å². The van der Waals surface area contributed by atoms with Crippen LogP contribution in [-0.4, -0.2) is 4.86 Å². The molecule has 92 valence electrons. The molecule has 0 aromatic heterocycles. The van der Waals surface area contributed by atoms with Crippen molar-refractivity contribution in [2.45, 2.75) is 0 Å². The minimum absolute atomic E-state index is 0.265. The summed E-state index contributed by atoms with van der Waals surface area (Å²) in [6.45, 7) is 0. The largest absolute Gasteiger partial charge is 0.594 e. The molecule has 3 nitrogen and oxygen atoms in total. The Kier molecular flexibility index (Phi) is 4.07. The zero-order valence-corrected chi connectivity index (χ0v) is 11.2. The van der Waals surface area contributed by atoms with Crippen molar-refractivity contribution in [3.8, 4) is 0 Å². The minimum atomic E-state index is 0.265. The smallest absolute Gasteiger partial charge is 0.244 e. The molecule has 18 heavy (non-hydrogen) atoms. The van der Waals surface area contributed by atoms with Gasteiger partial charge in [-0.2, -0.15) is 0 Å². The summed E-state index contributed by atoms with van der Waals surface area (Å²) in [6.07, 6.45) is 0. The van der Waals surface area contributed by atoms with Crippen LogP contribution in [0.4, 0.5) is 11.4 Å². The Morgan fingerprint density at radius 1 is 0.889 bits per heavy atom. The third kappa shape index (κ3) is 2.93. The molecule has 0 aliphatic heterocycles. The first kappa shape index (κ1) is 13.1. The van der Waals surface area contributed by atoms with Crippen molar-refractivity contribution in [1.29, 1.82) is 0 Å². The Bertz CT molecular complexity index is 600. The van der Waals surface area contributed by atoms with E-state index in [0.717, 1.165) is 0 Å². The molecule has 0 amide bonds. The molecule has 2 aromatic rings. The second-order valence-corrected chi connectivity index (χ2v) is 4.65. The van der Waals surface area contributed by atoms with Crippen LogP contribution in [0.25, 0.3) is 0 Å². The standard InChI is InChI=1S/C12H7Cl3N2O/c13-9-6-11(15)12(7-10(9)14)16-17(18)8-4-2-1-3-5-8/h1-7H. The van der Waals surface area contributed by atoms with Crippen molar-refractivity contribution in [1.82, 2.24) is 0 Å². The molecular weight excluding hydrogens is 295 g/mol. The molecule has 6 heteroatoms. The van der Waals surface area contributed by atoms with Crippen LogP contribution in [0, 0.1) is 5.21 Å². The molecule has 0 atom stereocenters. The Labute approximate surface area is 119 Å². The predicted octanol–water partition coefficient (Wildman–Crippen LogP) is 5.57. The van der Waals surface area contributed by atoms with E-state index in [1.54, 1.807) is 24.3 Å². The normalized spacial score (nSPS) is 11.6. The number of azo groups is 1. The Balaban J connectivity index is 2.42. The third-order valence-corrected chi connectivity index (χ3v) is 3.19. The molecule has 0 radical (unpaired) electrons. The van der Waals surface area contributed by atoms with E-state index in [-0.39, 0.29) is 10.7 Å². The van der Waals surface area contributed by atoms with Crippen molar-refractivity contribution < 1.29 is 4.86 Å². The summed E-state index contributed by atoms with van der Waals surface area (Å²) in [5.41, 5.74) is 0.671. The summed E-state index contributed by atoms with van der Waals surface area (Å²) in [7, 11) is 0. The summed E-state index contributed by atoms with van der Waals surface area (Å²) in [5, 5.41) is 16.5. The summed E-state index contributed by atoms with van der Waals surface area (Å²) in [6, 6.07) is 11.5. The van der Waals surface area contributed by atoms with Gasteiger partial charge in [0.25, 0.3) is 0 Å². The van der Waals surface area contributed by atoms with Gasteiger partial charge in [-0.3, -0.25) is 0 Å². The van der Waals surface area contributed by atoms with E-state index < -0.39 is 0 Å². The average molecular weight is 302 g/mol. The fourth-order valence-electron chi connectivity index (χ4n) is 1.30. The molecule has 0 heterocycles. The Hall–Kier alpha value is -1.29. The van der Waals surface area contributed by atoms with Crippen LogP contribution in [0.5, 0.6) is 0 Å². The summed E-state index contributed by atoms with van der Waals surface area (Å²) >= 11 is 17.6. The second-order valence-electron chi connectivity index (χ2n) is 3.43. The van der Waals surface area contributed by atoms with Crippen LogP contribution in [0.3, 0.4) is 0 Å². The van der Waals surface area contributed by atoms with Gasteiger partial charge in [0.1, 0.15) is 0 Å².